The molecule has 2 aliphatic heterocycles. The van der Waals surface area contributed by atoms with E-state index < -0.39 is 24.3 Å². The quantitative estimate of drug-likeness (QED) is 0.0947. The fraction of sp³-hybridized carbons (Fsp3) is 0.306. The van der Waals surface area contributed by atoms with E-state index in [2.05, 4.69) is 75.2 Å². The Morgan fingerprint density at radius 1 is 0.619 bits per heavy atom. The van der Waals surface area contributed by atoms with Gasteiger partial charge in [0.2, 0.25) is 5.91 Å². The highest BCUT2D eigenvalue weighted by Gasteiger charge is 2.39. The molecule has 0 aliphatic carbocycles. The van der Waals surface area contributed by atoms with Gasteiger partial charge < -0.3 is 39.9 Å². The number of ether oxygens (including phenoxy) is 2. The van der Waals surface area contributed by atoms with E-state index >= 15 is 0 Å². The first-order chi connectivity index (χ1) is 30.6. The molecule has 14 nitrogen and oxygen atoms in total. The second-order valence-corrected chi connectivity index (χ2v) is 16.3. The second kappa shape index (κ2) is 18.8. The number of likely N-dealkylation sites (tertiary alicyclic amines) is 2. The molecule has 4 N–H and O–H groups in total. The standard InChI is InChI=1S/C49H52N8O6/c1-30(2)42(54-48(60)62-3)46(58)56-25-11-17-40(56)45-51-29-39(53-45)35-23-24-36(37(27-35)31-13-7-5-8-14-31)32-19-21-33(22-20-32)38-28-50-44(52-38)41-18-12-26-57(41)47(59)43(55-49(61)63-4)34-15-9-6-10-16-34/h5-10,13-16,19-24,27-30,40-43H,11-12,17-18,25-26H2,1-4H3,(H,50,52)(H,51,53)(H,54,60)(H,55,61)/t40-,41-,42?,43?/m0/s1. The van der Waals surface area contributed by atoms with Crippen molar-refractivity contribution in [1.82, 2.24) is 40.4 Å². The lowest BCUT2D eigenvalue weighted by Gasteiger charge is -2.30. The van der Waals surface area contributed by atoms with Crippen molar-refractivity contribution >= 4 is 24.0 Å². The van der Waals surface area contributed by atoms with Crippen LogP contribution in [0.25, 0.3) is 44.8 Å². The van der Waals surface area contributed by atoms with Crippen molar-refractivity contribution in [3.8, 4) is 44.8 Å². The Balaban J connectivity index is 1.02. The predicted octanol–water partition coefficient (Wildman–Crippen LogP) is 8.61. The number of alkyl carbamates (subject to hydrolysis) is 2. The van der Waals surface area contributed by atoms with E-state index in [0.717, 1.165) is 70.5 Å². The van der Waals surface area contributed by atoms with Crippen LogP contribution in [0, 0.1) is 5.92 Å². The molecule has 2 saturated heterocycles. The number of imidazole rings is 2. The lowest BCUT2D eigenvalue weighted by molar-refractivity contribution is -0.135. The molecule has 2 aliphatic rings. The van der Waals surface area contributed by atoms with Crippen molar-refractivity contribution in [2.45, 2.75) is 63.7 Å². The van der Waals surface area contributed by atoms with Gasteiger partial charge in [-0.2, -0.15) is 0 Å². The molecule has 14 heteroatoms. The zero-order valence-electron chi connectivity index (χ0n) is 35.8. The van der Waals surface area contributed by atoms with Gasteiger partial charge in [0.25, 0.3) is 5.91 Å². The number of carbonyl (C=O) groups is 4. The highest BCUT2D eigenvalue weighted by atomic mass is 16.5. The van der Waals surface area contributed by atoms with Crippen LogP contribution in [0.5, 0.6) is 0 Å². The number of nitrogens with one attached hydrogen (secondary N) is 4. The van der Waals surface area contributed by atoms with Crippen LogP contribution in [0.4, 0.5) is 9.59 Å². The summed E-state index contributed by atoms with van der Waals surface area (Å²) < 4.78 is 9.65. The number of carbonyl (C=O) groups excluding carboxylic acids is 4. The lowest BCUT2D eigenvalue weighted by Crippen LogP contribution is -2.51. The Hall–Kier alpha value is -7.22. The summed E-state index contributed by atoms with van der Waals surface area (Å²) in [4.78, 5) is 72.3. The first kappa shape index (κ1) is 42.5. The molecule has 4 aromatic carbocycles. The second-order valence-electron chi connectivity index (χ2n) is 16.3. The molecule has 4 atom stereocenters. The number of rotatable bonds is 12. The zero-order valence-corrected chi connectivity index (χ0v) is 35.8. The van der Waals surface area contributed by atoms with E-state index in [1.165, 1.54) is 14.2 Å². The molecule has 2 fully saturated rings. The van der Waals surface area contributed by atoms with Gasteiger partial charge in [0.1, 0.15) is 23.7 Å². The maximum Gasteiger partial charge on any atom is 0.407 e. The normalized spacial score (nSPS) is 17.0. The van der Waals surface area contributed by atoms with Gasteiger partial charge in [-0.05, 0) is 71.0 Å². The van der Waals surface area contributed by atoms with Crippen LogP contribution in [-0.4, -0.2) is 87.1 Å². The van der Waals surface area contributed by atoms with Gasteiger partial charge in [-0.1, -0.05) is 111 Å². The van der Waals surface area contributed by atoms with Crippen LogP contribution in [-0.2, 0) is 19.1 Å². The molecule has 0 spiro atoms. The molecule has 4 amide bonds. The third-order valence-electron chi connectivity index (χ3n) is 12.0. The highest BCUT2D eigenvalue weighted by Crippen LogP contribution is 2.39. The number of amides is 4. The minimum Gasteiger partial charge on any atom is -0.453 e. The summed E-state index contributed by atoms with van der Waals surface area (Å²) in [6.07, 6.45) is 5.45. The van der Waals surface area contributed by atoms with E-state index in [-0.39, 0.29) is 29.8 Å². The molecular formula is C49H52N8O6. The van der Waals surface area contributed by atoms with Gasteiger partial charge in [-0.3, -0.25) is 9.59 Å². The summed E-state index contributed by atoms with van der Waals surface area (Å²) in [5.74, 6) is 0.903. The third-order valence-corrected chi connectivity index (χ3v) is 12.0. The number of hydrogen-bond acceptors (Lipinski definition) is 8. The molecule has 0 bridgehead atoms. The Morgan fingerprint density at radius 2 is 1.13 bits per heavy atom. The average molecular weight is 849 g/mol. The minimum absolute atomic E-state index is 0.125. The first-order valence-corrected chi connectivity index (χ1v) is 21.4. The highest BCUT2D eigenvalue weighted by molar-refractivity contribution is 5.89. The van der Waals surface area contributed by atoms with Crippen molar-refractivity contribution in [1.29, 1.82) is 0 Å². The van der Waals surface area contributed by atoms with Crippen LogP contribution in [0.1, 0.15) is 74.9 Å². The van der Waals surface area contributed by atoms with Crippen molar-refractivity contribution in [3.05, 3.63) is 133 Å². The smallest absolute Gasteiger partial charge is 0.407 e. The van der Waals surface area contributed by atoms with E-state index in [9.17, 15) is 19.2 Å². The minimum atomic E-state index is -0.893. The van der Waals surface area contributed by atoms with Gasteiger partial charge in [0, 0.05) is 18.7 Å². The van der Waals surface area contributed by atoms with E-state index in [1.54, 1.807) is 11.1 Å². The summed E-state index contributed by atoms with van der Waals surface area (Å²) in [6.45, 7) is 4.92. The molecule has 4 heterocycles. The maximum absolute atomic E-state index is 14.0. The fourth-order valence-electron chi connectivity index (χ4n) is 8.74. The van der Waals surface area contributed by atoms with Gasteiger partial charge in [-0.25, -0.2) is 19.6 Å². The zero-order chi connectivity index (χ0) is 44.0. The molecule has 0 radical (unpaired) electrons. The van der Waals surface area contributed by atoms with E-state index in [4.69, 9.17) is 19.4 Å². The summed E-state index contributed by atoms with van der Waals surface area (Å²) in [6, 6.07) is 32.0. The monoisotopic (exact) mass is 848 g/mol. The summed E-state index contributed by atoms with van der Waals surface area (Å²) in [7, 11) is 2.57. The third kappa shape index (κ3) is 9.06. The van der Waals surface area contributed by atoms with Crippen LogP contribution in [0.15, 0.2) is 116 Å². The van der Waals surface area contributed by atoms with E-state index in [0.29, 0.717) is 30.3 Å². The molecule has 324 valence electrons. The van der Waals surface area contributed by atoms with Gasteiger partial charge in [0.05, 0.1) is 50.1 Å². The van der Waals surface area contributed by atoms with Gasteiger partial charge >= 0.3 is 12.2 Å². The number of hydrogen-bond donors (Lipinski definition) is 4. The Bertz CT molecular complexity index is 2560. The van der Waals surface area contributed by atoms with E-state index in [1.807, 2.05) is 73.5 Å². The predicted molar refractivity (Wildman–Crippen MR) is 239 cm³/mol. The van der Waals surface area contributed by atoms with Crippen molar-refractivity contribution in [2.75, 3.05) is 27.3 Å². The molecule has 8 rings (SSSR count). The Kier molecular flexibility index (Phi) is 12.7. The molecule has 2 unspecified atom stereocenters. The van der Waals surface area contributed by atoms with Gasteiger partial charge in [0.15, 0.2) is 0 Å². The summed E-state index contributed by atoms with van der Waals surface area (Å²) in [5, 5.41) is 5.44. The van der Waals surface area contributed by atoms with Crippen molar-refractivity contribution in [2.24, 2.45) is 5.92 Å². The molecular weight excluding hydrogens is 797 g/mol. The van der Waals surface area contributed by atoms with Crippen LogP contribution in [0.2, 0.25) is 0 Å². The SMILES string of the molecule is COC(=O)NC(C(=O)N1CCC[C@H]1c1ncc(-c2ccc(-c3ccc(-c4cnc([C@@H]5CCCN5C(=O)C(NC(=O)OC)C(C)C)[nH]4)cc3-c3ccccc3)cc2)[nH]1)c1ccccc1. The topological polar surface area (TPSA) is 175 Å². The number of nitrogens with zero attached hydrogens (tertiary/aromatic N) is 4. The van der Waals surface area contributed by atoms with Crippen molar-refractivity contribution < 1.29 is 28.7 Å². The number of aromatic amines is 2. The van der Waals surface area contributed by atoms with Crippen LogP contribution < -0.4 is 10.6 Å². The molecule has 2 aromatic heterocycles. The van der Waals surface area contributed by atoms with Gasteiger partial charge in [-0.15, -0.1) is 0 Å². The molecule has 6 aromatic rings. The summed E-state index contributed by atoms with van der Waals surface area (Å²) in [5.41, 5.74) is 8.45. The average Bonchev–Trinajstić information content (AvgIpc) is 4.17. The number of methoxy groups -OCH3 is 2. The Labute approximate surface area is 366 Å². The van der Waals surface area contributed by atoms with Crippen LogP contribution in [0.3, 0.4) is 0 Å². The Morgan fingerprint density at radius 3 is 1.71 bits per heavy atom. The number of H-pyrrole nitrogens is 2. The summed E-state index contributed by atoms with van der Waals surface area (Å²) >= 11 is 0. The number of aromatic nitrogens is 4. The van der Waals surface area contributed by atoms with Crippen LogP contribution >= 0.6 is 0 Å². The largest absolute Gasteiger partial charge is 0.453 e. The maximum atomic E-state index is 14.0. The molecule has 63 heavy (non-hydrogen) atoms. The fourth-order valence-corrected chi connectivity index (χ4v) is 8.74. The lowest BCUT2D eigenvalue weighted by atomic mass is 9.91. The van der Waals surface area contributed by atoms with Crippen molar-refractivity contribution in [3.63, 3.8) is 0 Å². The first-order valence-electron chi connectivity index (χ1n) is 21.4. The molecule has 0 saturated carbocycles. The number of benzene rings is 4.